The molecule has 0 aliphatic heterocycles. The molecule has 1 N–H and O–H groups in total. The van der Waals surface area contributed by atoms with Crippen LogP contribution in [0.5, 0.6) is 0 Å². The van der Waals surface area contributed by atoms with Gasteiger partial charge in [-0.1, -0.05) is 18.0 Å². The van der Waals surface area contributed by atoms with E-state index in [1.807, 2.05) is 6.92 Å². The van der Waals surface area contributed by atoms with Crippen molar-refractivity contribution in [1.29, 1.82) is 0 Å². The van der Waals surface area contributed by atoms with E-state index in [2.05, 4.69) is 10.4 Å². The Kier molecular flexibility index (Phi) is 5.86. The minimum atomic E-state index is -0.124. The zero-order valence-corrected chi connectivity index (χ0v) is 12.7. The molecule has 0 unspecified atom stereocenters. The lowest BCUT2D eigenvalue weighted by Gasteiger charge is -2.25. The van der Waals surface area contributed by atoms with E-state index in [0.717, 1.165) is 6.42 Å². The van der Waals surface area contributed by atoms with E-state index >= 15 is 0 Å². The van der Waals surface area contributed by atoms with Crippen molar-refractivity contribution in [3.63, 3.8) is 0 Å². The molecule has 5 nitrogen and oxygen atoms in total. The highest BCUT2D eigenvalue weighted by Crippen LogP contribution is 2.27. The minimum Gasteiger partial charge on any atom is -0.382 e. The first-order valence-corrected chi connectivity index (χ1v) is 7.67. The molecule has 1 saturated carbocycles. The zero-order valence-electron chi connectivity index (χ0n) is 11.9. The highest BCUT2D eigenvalue weighted by Gasteiger charge is 2.20. The fraction of sp³-hybridized carbons (Fsp3) is 0.714. The fourth-order valence-electron chi connectivity index (χ4n) is 2.21. The fourth-order valence-corrected chi connectivity index (χ4v) is 2.40. The largest absolute Gasteiger partial charge is 0.382 e. The first-order valence-electron chi connectivity index (χ1n) is 7.29. The molecule has 1 fully saturated rings. The third-order valence-corrected chi connectivity index (χ3v) is 3.91. The van der Waals surface area contributed by atoms with Crippen molar-refractivity contribution in [2.45, 2.75) is 39.2 Å². The van der Waals surface area contributed by atoms with Crippen LogP contribution in [0.3, 0.4) is 0 Å². The molecule has 6 heteroatoms. The van der Waals surface area contributed by atoms with Gasteiger partial charge in [0.1, 0.15) is 5.69 Å². The monoisotopic (exact) mass is 299 g/mol. The van der Waals surface area contributed by atoms with E-state index in [4.69, 9.17) is 16.3 Å². The summed E-state index contributed by atoms with van der Waals surface area (Å²) < 4.78 is 6.79. The molecule has 2 rings (SSSR count). The molecule has 20 heavy (non-hydrogen) atoms. The van der Waals surface area contributed by atoms with E-state index in [-0.39, 0.29) is 5.56 Å². The summed E-state index contributed by atoms with van der Waals surface area (Å²) in [5, 5.41) is 7.62. The molecule has 0 amide bonds. The maximum absolute atomic E-state index is 12.3. The molecule has 0 saturated heterocycles. The van der Waals surface area contributed by atoms with Gasteiger partial charge in [0.05, 0.1) is 11.2 Å². The Morgan fingerprint density at radius 2 is 2.35 bits per heavy atom. The normalized spacial score (nSPS) is 15.1. The standard InChI is InChI=1S/C14H22ClN3O2/c1-2-20-8-4-7-16-13-12(15)9-17-18(14(13)19)10-11-5-3-6-11/h9,11,16H,2-8,10H2,1H3. The number of nitrogens with zero attached hydrogens (tertiary/aromatic N) is 2. The molecule has 0 bridgehead atoms. The Morgan fingerprint density at radius 3 is 3.00 bits per heavy atom. The molecule has 1 aromatic heterocycles. The predicted molar refractivity (Wildman–Crippen MR) is 80.4 cm³/mol. The van der Waals surface area contributed by atoms with Crippen molar-refractivity contribution >= 4 is 17.3 Å². The molecule has 0 radical (unpaired) electrons. The summed E-state index contributed by atoms with van der Waals surface area (Å²) in [4.78, 5) is 12.3. The van der Waals surface area contributed by atoms with Gasteiger partial charge in [0.25, 0.3) is 5.56 Å². The van der Waals surface area contributed by atoms with Gasteiger partial charge in [-0.05, 0) is 32.1 Å². The molecule has 1 aliphatic carbocycles. The van der Waals surface area contributed by atoms with Crippen LogP contribution in [-0.2, 0) is 11.3 Å². The van der Waals surface area contributed by atoms with Crippen LogP contribution in [0.1, 0.15) is 32.6 Å². The van der Waals surface area contributed by atoms with Crippen molar-refractivity contribution in [3.8, 4) is 0 Å². The van der Waals surface area contributed by atoms with Crippen LogP contribution in [0.25, 0.3) is 0 Å². The topological polar surface area (TPSA) is 56.1 Å². The summed E-state index contributed by atoms with van der Waals surface area (Å²) in [6, 6.07) is 0. The van der Waals surface area contributed by atoms with Gasteiger partial charge < -0.3 is 10.1 Å². The maximum Gasteiger partial charge on any atom is 0.291 e. The smallest absolute Gasteiger partial charge is 0.291 e. The van der Waals surface area contributed by atoms with Gasteiger partial charge in [0, 0.05) is 26.3 Å². The molecular weight excluding hydrogens is 278 g/mol. The number of hydrogen-bond donors (Lipinski definition) is 1. The van der Waals surface area contributed by atoms with Crippen LogP contribution in [-0.4, -0.2) is 29.5 Å². The van der Waals surface area contributed by atoms with Crippen molar-refractivity contribution in [2.24, 2.45) is 5.92 Å². The number of nitrogens with one attached hydrogen (secondary N) is 1. The number of halogens is 1. The average Bonchev–Trinajstić information content (AvgIpc) is 2.39. The second-order valence-corrected chi connectivity index (χ2v) is 5.54. The molecule has 112 valence electrons. The van der Waals surface area contributed by atoms with Crippen molar-refractivity contribution < 1.29 is 4.74 Å². The first-order chi connectivity index (χ1) is 9.72. The van der Waals surface area contributed by atoms with E-state index in [1.54, 1.807) is 6.20 Å². The lowest BCUT2D eigenvalue weighted by molar-refractivity contribution is 0.147. The van der Waals surface area contributed by atoms with Crippen LogP contribution in [0.15, 0.2) is 11.0 Å². The molecule has 1 heterocycles. The molecular formula is C14H22ClN3O2. The third-order valence-electron chi connectivity index (χ3n) is 3.62. The number of rotatable bonds is 8. The van der Waals surface area contributed by atoms with Gasteiger partial charge in [-0.2, -0.15) is 5.10 Å². The van der Waals surface area contributed by atoms with Crippen LogP contribution in [0.2, 0.25) is 5.02 Å². The van der Waals surface area contributed by atoms with Crippen LogP contribution < -0.4 is 10.9 Å². The Balaban J connectivity index is 1.95. The van der Waals surface area contributed by atoms with Crippen LogP contribution >= 0.6 is 11.6 Å². The highest BCUT2D eigenvalue weighted by molar-refractivity contribution is 6.32. The maximum atomic E-state index is 12.3. The summed E-state index contributed by atoms with van der Waals surface area (Å²) in [7, 11) is 0. The molecule has 0 atom stereocenters. The average molecular weight is 300 g/mol. The van der Waals surface area contributed by atoms with E-state index < -0.39 is 0 Å². The lowest BCUT2D eigenvalue weighted by atomic mass is 9.85. The molecule has 0 aromatic carbocycles. The molecule has 1 aromatic rings. The van der Waals surface area contributed by atoms with Crippen molar-refractivity contribution in [3.05, 3.63) is 21.6 Å². The van der Waals surface area contributed by atoms with Crippen molar-refractivity contribution in [2.75, 3.05) is 25.1 Å². The summed E-state index contributed by atoms with van der Waals surface area (Å²) in [5.74, 6) is 0.590. The first kappa shape index (κ1) is 15.3. The second kappa shape index (κ2) is 7.64. The zero-order chi connectivity index (χ0) is 14.4. The summed E-state index contributed by atoms with van der Waals surface area (Å²) in [6.45, 7) is 4.73. The van der Waals surface area contributed by atoms with E-state index in [1.165, 1.54) is 23.9 Å². The molecule has 0 spiro atoms. The van der Waals surface area contributed by atoms with Gasteiger partial charge in [-0.3, -0.25) is 4.79 Å². The summed E-state index contributed by atoms with van der Waals surface area (Å²) in [5.41, 5.74) is 0.332. The van der Waals surface area contributed by atoms with Gasteiger partial charge in [-0.25, -0.2) is 4.68 Å². The minimum absolute atomic E-state index is 0.124. The Labute approximate surface area is 124 Å². The summed E-state index contributed by atoms with van der Waals surface area (Å²) >= 11 is 6.06. The Bertz CT molecular complexity index is 486. The lowest BCUT2D eigenvalue weighted by Crippen LogP contribution is -2.31. The predicted octanol–water partition coefficient (Wildman–Crippen LogP) is 2.54. The van der Waals surface area contributed by atoms with Crippen LogP contribution in [0.4, 0.5) is 5.69 Å². The Morgan fingerprint density at radius 1 is 1.55 bits per heavy atom. The second-order valence-electron chi connectivity index (χ2n) is 5.13. The van der Waals surface area contributed by atoms with Gasteiger partial charge in [0.2, 0.25) is 0 Å². The highest BCUT2D eigenvalue weighted by atomic mass is 35.5. The van der Waals surface area contributed by atoms with Crippen LogP contribution in [0, 0.1) is 5.92 Å². The van der Waals surface area contributed by atoms with Gasteiger partial charge in [0.15, 0.2) is 0 Å². The van der Waals surface area contributed by atoms with Gasteiger partial charge >= 0.3 is 0 Å². The van der Waals surface area contributed by atoms with Gasteiger partial charge in [-0.15, -0.1) is 0 Å². The van der Waals surface area contributed by atoms with E-state index in [9.17, 15) is 4.79 Å². The number of anilines is 1. The number of aromatic nitrogens is 2. The summed E-state index contributed by atoms with van der Waals surface area (Å²) in [6.07, 6.45) is 6.03. The number of ether oxygens (including phenoxy) is 1. The Hall–Kier alpha value is -1.07. The van der Waals surface area contributed by atoms with Crippen molar-refractivity contribution in [1.82, 2.24) is 9.78 Å². The van der Waals surface area contributed by atoms with E-state index in [0.29, 0.717) is 42.9 Å². The third kappa shape index (κ3) is 3.96. The SMILES string of the molecule is CCOCCCNc1c(Cl)cnn(CC2CCC2)c1=O. The molecule has 1 aliphatic rings. The quantitative estimate of drug-likeness (QED) is 0.750. The number of hydrogen-bond acceptors (Lipinski definition) is 4.